The molecule has 2 N–H and O–H groups in total. The number of aromatic nitrogens is 3. The minimum Gasteiger partial charge on any atom is -0.464 e. The van der Waals surface area contributed by atoms with Crippen LogP contribution in [-0.4, -0.2) is 28.3 Å². The normalized spacial score (nSPS) is 10.1. The molecule has 0 fully saturated rings. The zero-order chi connectivity index (χ0) is 11.5. The summed E-state index contributed by atoms with van der Waals surface area (Å²) in [5.74, 6) is -0.422. The second kappa shape index (κ2) is 4.31. The molecule has 2 heterocycles. The van der Waals surface area contributed by atoms with Crippen molar-refractivity contribution in [3.8, 4) is 0 Å². The molecule has 0 aliphatic heterocycles. The molecule has 0 unspecified atom stereocenters. The van der Waals surface area contributed by atoms with Gasteiger partial charge in [0.05, 0.1) is 19.0 Å². The van der Waals surface area contributed by atoms with Crippen LogP contribution in [0.1, 0.15) is 15.4 Å². The van der Waals surface area contributed by atoms with E-state index in [1.165, 1.54) is 18.4 Å². The highest BCUT2D eigenvalue weighted by Gasteiger charge is 2.15. The average molecular weight is 238 g/mol. The Morgan fingerprint density at radius 1 is 1.62 bits per heavy atom. The van der Waals surface area contributed by atoms with E-state index in [-0.39, 0.29) is 0 Å². The lowest BCUT2D eigenvalue weighted by molar-refractivity contribution is 0.0594. The van der Waals surface area contributed by atoms with Crippen LogP contribution >= 0.6 is 11.3 Å². The van der Waals surface area contributed by atoms with Gasteiger partial charge in [0, 0.05) is 11.1 Å². The van der Waals surface area contributed by atoms with Gasteiger partial charge < -0.3 is 10.1 Å². The third-order valence-electron chi connectivity index (χ3n) is 1.92. The molecule has 84 valence electrons. The van der Waals surface area contributed by atoms with E-state index in [4.69, 9.17) is 0 Å². The Bertz CT molecular complexity index is 492. The number of methoxy groups -OCH3 is 1. The molecule has 2 rings (SSSR count). The average Bonchev–Trinajstić information content (AvgIpc) is 2.88. The maximum Gasteiger partial charge on any atom is 0.357 e. The number of carbonyl (C=O) groups is 1. The molecule has 16 heavy (non-hydrogen) atoms. The SMILES string of the molecule is COC(=O)c1nc(Nc2cn[nH]c2)sc1C. The molecule has 2 aromatic heterocycles. The smallest absolute Gasteiger partial charge is 0.357 e. The lowest BCUT2D eigenvalue weighted by atomic mass is 10.4. The summed E-state index contributed by atoms with van der Waals surface area (Å²) in [6.45, 7) is 1.82. The van der Waals surface area contributed by atoms with Crippen LogP contribution in [0.25, 0.3) is 0 Å². The van der Waals surface area contributed by atoms with Crippen molar-refractivity contribution in [1.29, 1.82) is 0 Å². The first-order valence-electron chi connectivity index (χ1n) is 4.52. The van der Waals surface area contributed by atoms with Gasteiger partial charge in [-0.3, -0.25) is 5.10 Å². The number of nitrogens with zero attached hydrogens (tertiary/aromatic N) is 2. The van der Waals surface area contributed by atoms with Crippen molar-refractivity contribution in [2.45, 2.75) is 6.92 Å². The van der Waals surface area contributed by atoms with Crippen LogP contribution in [0.4, 0.5) is 10.8 Å². The van der Waals surface area contributed by atoms with E-state index >= 15 is 0 Å². The predicted octanol–water partition coefficient (Wildman–Crippen LogP) is 1.70. The Balaban J connectivity index is 2.21. The van der Waals surface area contributed by atoms with Crippen molar-refractivity contribution < 1.29 is 9.53 Å². The number of ether oxygens (including phenoxy) is 1. The second-order valence-electron chi connectivity index (χ2n) is 3.03. The van der Waals surface area contributed by atoms with Crippen molar-refractivity contribution in [1.82, 2.24) is 15.2 Å². The summed E-state index contributed by atoms with van der Waals surface area (Å²) >= 11 is 1.39. The zero-order valence-corrected chi connectivity index (χ0v) is 9.59. The number of H-pyrrole nitrogens is 1. The van der Waals surface area contributed by atoms with Crippen molar-refractivity contribution in [3.05, 3.63) is 23.0 Å². The molecule has 0 aliphatic rings. The number of aromatic amines is 1. The molecule has 2 aromatic rings. The lowest BCUT2D eigenvalue weighted by Crippen LogP contribution is -2.03. The number of aryl methyl sites for hydroxylation is 1. The highest BCUT2D eigenvalue weighted by molar-refractivity contribution is 7.15. The molecule has 0 aromatic carbocycles. The number of rotatable bonds is 3. The Hall–Kier alpha value is -1.89. The van der Waals surface area contributed by atoms with Crippen LogP contribution in [0.15, 0.2) is 12.4 Å². The standard InChI is InChI=1S/C9H10N4O2S/c1-5-7(8(14)15-2)13-9(16-5)12-6-3-10-11-4-6/h3-4H,1-2H3,(H,10,11)(H,12,13). The molecule has 0 saturated carbocycles. The van der Waals surface area contributed by atoms with Crippen molar-refractivity contribution >= 4 is 28.1 Å². The number of nitrogens with one attached hydrogen (secondary N) is 2. The van der Waals surface area contributed by atoms with E-state index in [9.17, 15) is 4.79 Å². The molecule has 0 aliphatic carbocycles. The molecular formula is C9H10N4O2S. The van der Waals surface area contributed by atoms with Crippen LogP contribution in [0, 0.1) is 6.92 Å². The summed E-state index contributed by atoms with van der Waals surface area (Å²) in [6.07, 6.45) is 3.34. The maximum absolute atomic E-state index is 11.3. The predicted molar refractivity (Wildman–Crippen MR) is 60.1 cm³/mol. The van der Waals surface area contributed by atoms with Crippen LogP contribution in [0.3, 0.4) is 0 Å². The molecule has 0 saturated heterocycles. The van der Waals surface area contributed by atoms with Crippen molar-refractivity contribution in [2.24, 2.45) is 0 Å². The Labute approximate surface area is 95.7 Å². The maximum atomic E-state index is 11.3. The fourth-order valence-corrected chi connectivity index (χ4v) is 2.00. The summed E-state index contributed by atoms with van der Waals surface area (Å²) in [5, 5.41) is 10.1. The van der Waals surface area contributed by atoms with E-state index < -0.39 is 5.97 Å². The van der Waals surface area contributed by atoms with Crippen LogP contribution in [-0.2, 0) is 4.74 Å². The van der Waals surface area contributed by atoms with E-state index in [2.05, 4.69) is 25.2 Å². The number of thiazole rings is 1. The van der Waals surface area contributed by atoms with Gasteiger partial charge in [-0.05, 0) is 6.92 Å². The minimum atomic E-state index is -0.422. The molecule has 0 amide bonds. The van der Waals surface area contributed by atoms with Crippen LogP contribution in [0.5, 0.6) is 0 Å². The fraction of sp³-hybridized carbons (Fsp3) is 0.222. The summed E-state index contributed by atoms with van der Waals surface area (Å²) in [7, 11) is 1.34. The van der Waals surface area contributed by atoms with Gasteiger partial charge in [0.1, 0.15) is 0 Å². The first kappa shape index (κ1) is 10.6. The molecule has 7 heteroatoms. The largest absolute Gasteiger partial charge is 0.464 e. The molecular weight excluding hydrogens is 228 g/mol. The van der Waals surface area contributed by atoms with Gasteiger partial charge in [0.2, 0.25) is 0 Å². The minimum absolute atomic E-state index is 0.346. The van der Waals surface area contributed by atoms with Gasteiger partial charge in [-0.15, -0.1) is 11.3 Å². The second-order valence-corrected chi connectivity index (χ2v) is 4.23. The Morgan fingerprint density at radius 3 is 3.06 bits per heavy atom. The molecule has 0 spiro atoms. The van der Waals surface area contributed by atoms with Gasteiger partial charge in [0.15, 0.2) is 10.8 Å². The lowest BCUT2D eigenvalue weighted by Gasteiger charge is -1.95. The Morgan fingerprint density at radius 2 is 2.44 bits per heavy atom. The number of carbonyl (C=O) groups excluding carboxylic acids is 1. The highest BCUT2D eigenvalue weighted by atomic mass is 32.1. The summed E-state index contributed by atoms with van der Waals surface area (Å²) in [6, 6.07) is 0. The molecule has 0 radical (unpaired) electrons. The van der Waals surface area contributed by atoms with Crippen molar-refractivity contribution in [3.63, 3.8) is 0 Å². The number of hydrogen-bond donors (Lipinski definition) is 2. The third kappa shape index (κ3) is 2.03. The van der Waals surface area contributed by atoms with E-state index in [1.54, 1.807) is 12.4 Å². The van der Waals surface area contributed by atoms with E-state index in [1.807, 2.05) is 6.92 Å². The summed E-state index contributed by atoms with van der Waals surface area (Å²) < 4.78 is 4.62. The summed E-state index contributed by atoms with van der Waals surface area (Å²) in [4.78, 5) is 16.3. The van der Waals surface area contributed by atoms with Crippen LogP contribution in [0.2, 0.25) is 0 Å². The van der Waals surface area contributed by atoms with Crippen molar-refractivity contribution in [2.75, 3.05) is 12.4 Å². The van der Waals surface area contributed by atoms with Crippen LogP contribution < -0.4 is 5.32 Å². The molecule has 6 nitrogen and oxygen atoms in total. The highest BCUT2D eigenvalue weighted by Crippen LogP contribution is 2.25. The monoisotopic (exact) mass is 238 g/mol. The summed E-state index contributed by atoms with van der Waals surface area (Å²) in [5.41, 5.74) is 1.14. The topological polar surface area (TPSA) is 79.9 Å². The zero-order valence-electron chi connectivity index (χ0n) is 8.77. The van der Waals surface area contributed by atoms with Gasteiger partial charge in [0.25, 0.3) is 0 Å². The van der Waals surface area contributed by atoms with Gasteiger partial charge in [-0.25, -0.2) is 9.78 Å². The molecule has 0 bridgehead atoms. The first-order valence-corrected chi connectivity index (χ1v) is 5.34. The number of esters is 1. The third-order valence-corrected chi connectivity index (χ3v) is 2.81. The van der Waals surface area contributed by atoms with E-state index in [0.29, 0.717) is 10.8 Å². The Kier molecular flexibility index (Phi) is 2.86. The van der Waals surface area contributed by atoms with Gasteiger partial charge in [-0.2, -0.15) is 5.10 Å². The quantitative estimate of drug-likeness (QED) is 0.795. The van der Waals surface area contributed by atoms with E-state index in [0.717, 1.165) is 10.6 Å². The first-order chi connectivity index (χ1) is 7.70. The molecule has 0 atom stereocenters. The number of anilines is 2. The van der Waals surface area contributed by atoms with Gasteiger partial charge >= 0.3 is 5.97 Å². The number of hydrogen-bond acceptors (Lipinski definition) is 6. The fourth-order valence-electron chi connectivity index (χ4n) is 1.18. The van der Waals surface area contributed by atoms with Gasteiger partial charge in [-0.1, -0.05) is 0 Å².